The predicted octanol–water partition coefficient (Wildman–Crippen LogP) is 7.12. The first kappa shape index (κ1) is 32.1. The second kappa shape index (κ2) is 14.2. The van der Waals surface area contributed by atoms with Gasteiger partial charge in [-0.25, -0.2) is 4.79 Å². The summed E-state index contributed by atoms with van der Waals surface area (Å²) in [6.45, 7) is 8.08. The minimum Gasteiger partial charge on any atom is -0.488 e. The number of halogens is 3. The van der Waals surface area contributed by atoms with Crippen LogP contribution in [0.1, 0.15) is 43.4 Å². The minimum absolute atomic E-state index is 0.125. The highest BCUT2D eigenvalue weighted by atomic mass is 19.4. The van der Waals surface area contributed by atoms with Gasteiger partial charge in [0.15, 0.2) is 0 Å². The lowest BCUT2D eigenvalue weighted by molar-refractivity contribution is -0.137. The number of rotatable bonds is 12. The second-order valence-electron chi connectivity index (χ2n) is 11.2. The molecule has 3 aromatic carbocycles. The molecule has 0 aliphatic carbocycles. The quantitative estimate of drug-likeness (QED) is 0.202. The van der Waals surface area contributed by atoms with Gasteiger partial charge in [0.1, 0.15) is 18.1 Å². The van der Waals surface area contributed by atoms with E-state index in [9.17, 15) is 22.8 Å². The molecule has 45 heavy (non-hydrogen) atoms. The third-order valence-electron chi connectivity index (χ3n) is 8.36. The predicted molar refractivity (Wildman–Crippen MR) is 165 cm³/mol. The highest BCUT2D eigenvalue weighted by Gasteiger charge is 2.41. The summed E-state index contributed by atoms with van der Waals surface area (Å²) in [6, 6.07) is 20.0. The monoisotopic (exact) mass is 621 g/mol. The van der Waals surface area contributed by atoms with Gasteiger partial charge in [-0.2, -0.15) is 13.2 Å². The Balaban J connectivity index is 1.36. The summed E-state index contributed by atoms with van der Waals surface area (Å²) in [5.74, 6) is 0.300. The first-order valence-corrected chi connectivity index (χ1v) is 15.3. The zero-order valence-electron chi connectivity index (χ0n) is 25.6. The van der Waals surface area contributed by atoms with E-state index in [2.05, 4.69) is 18.7 Å². The van der Waals surface area contributed by atoms with Crippen molar-refractivity contribution >= 4 is 12.0 Å². The van der Waals surface area contributed by atoms with Crippen LogP contribution >= 0.6 is 0 Å². The number of cyclic esters (lactones) is 1. The summed E-state index contributed by atoms with van der Waals surface area (Å²) in [5, 5.41) is 0. The van der Waals surface area contributed by atoms with E-state index in [1.165, 1.54) is 12.1 Å². The molecule has 1 atom stereocenters. The van der Waals surface area contributed by atoms with Crippen LogP contribution in [0.15, 0.2) is 84.6 Å². The average Bonchev–Trinajstić information content (AvgIpc) is 3.64. The van der Waals surface area contributed by atoms with Crippen molar-refractivity contribution in [2.24, 2.45) is 0 Å². The molecular weight excluding hydrogens is 583 g/mol. The Labute approximate surface area is 261 Å². The number of hydrogen-bond donors (Lipinski definition) is 0. The topological polar surface area (TPSA) is 62.3 Å². The molecule has 3 aromatic rings. The Morgan fingerprint density at radius 3 is 2.42 bits per heavy atom. The zero-order valence-corrected chi connectivity index (χ0v) is 25.6. The molecule has 0 bridgehead atoms. The summed E-state index contributed by atoms with van der Waals surface area (Å²) in [7, 11) is 0. The van der Waals surface area contributed by atoms with E-state index in [4.69, 9.17) is 9.47 Å². The van der Waals surface area contributed by atoms with E-state index >= 15 is 0 Å². The Kier molecular flexibility index (Phi) is 10.1. The van der Waals surface area contributed by atoms with Crippen LogP contribution in [-0.2, 0) is 28.9 Å². The molecule has 0 saturated carbocycles. The smallest absolute Gasteiger partial charge is 0.416 e. The van der Waals surface area contributed by atoms with Crippen LogP contribution in [0, 0.1) is 0 Å². The molecule has 2 saturated heterocycles. The highest BCUT2D eigenvalue weighted by molar-refractivity contribution is 5.89. The maximum atomic E-state index is 13.6. The van der Waals surface area contributed by atoms with Crippen LogP contribution in [0.5, 0.6) is 5.75 Å². The molecule has 2 amide bonds. The largest absolute Gasteiger partial charge is 0.488 e. The number of alkyl halides is 3. The summed E-state index contributed by atoms with van der Waals surface area (Å²) in [4.78, 5) is 31.4. The summed E-state index contributed by atoms with van der Waals surface area (Å²) in [5.41, 5.74) is 2.14. The Morgan fingerprint density at radius 2 is 1.73 bits per heavy atom. The molecule has 0 spiro atoms. The van der Waals surface area contributed by atoms with Gasteiger partial charge < -0.3 is 19.3 Å². The molecule has 0 N–H and O–H groups in total. The number of amides is 2. The van der Waals surface area contributed by atoms with E-state index < -0.39 is 17.8 Å². The Morgan fingerprint density at radius 1 is 1.00 bits per heavy atom. The molecule has 2 heterocycles. The standard InChI is InChI=1S/C35H38F3N3O4/c1-3-39(4-2)19-20-40(33(42)22-32-30-11-8-18-41(30)34(43)45-32)23-25-12-14-27(15-13-25)29-17-16-28(35(36,37)38)21-31(29)44-24-26-9-6-5-7-10-26/h5-7,9-10,12-17,21-22,30H,3-4,8,11,18-20,23-24H2,1-2H3/b32-22+/t30-/m0/s1. The van der Waals surface area contributed by atoms with E-state index in [1.807, 2.05) is 54.6 Å². The van der Waals surface area contributed by atoms with Crippen molar-refractivity contribution in [3.63, 3.8) is 0 Å². The molecule has 0 unspecified atom stereocenters. The van der Waals surface area contributed by atoms with Crippen molar-refractivity contribution in [2.75, 3.05) is 32.7 Å². The number of carbonyl (C=O) groups excluding carboxylic acids is 2. The number of hydrogen-bond acceptors (Lipinski definition) is 5. The SMILES string of the molecule is CCN(CC)CCN(Cc1ccc(-c2ccc(C(F)(F)F)cc2OCc2ccccc2)cc1)C(=O)/C=C1/OC(=O)N2CCC[C@@H]12. The van der Waals surface area contributed by atoms with Gasteiger partial charge >= 0.3 is 12.3 Å². The lowest BCUT2D eigenvalue weighted by Crippen LogP contribution is -2.38. The van der Waals surface area contributed by atoms with Crippen LogP contribution in [0.4, 0.5) is 18.0 Å². The van der Waals surface area contributed by atoms with Crippen molar-refractivity contribution in [1.29, 1.82) is 0 Å². The molecule has 2 aliphatic rings. The lowest BCUT2D eigenvalue weighted by Gasteiger charge is -2.26. The molecule has 7 nitrogen and oxygen atoms in total. The summed E-state index contributed by atoms with van der Waals surface area (Å²) in [6.07, 6.45) is -1.81. The fourth-order valence-electron chi connectivity index (χ4n) is 5.72. The van der Waals surface area contributed by atoms with Gasteiger partial charge in [-0.15, -0.1) is 0 Å². The van der Waals surface area contributed by atoms with Gasteiger partial charge in [0.25, 0.3) is 0 Å². The van der Waals surface area contributed by atoms with Gasteiger partial charge in [0.05, 0.1) is 11.6 Å². The number of carbonyl (C=O) groups is 2. The molecule has 0 aromatic heterocycles. The van der Waals surface area contributed by atoms with Crippen molar-refractivity contribution < 1.29 is 32.2 Å². The second-order valence-corrected chi connectivity index (χ2v) is 11.2. The first-order valence-electron chi connectivity index (χ1n) is 15.3. The van der Waals surface area contributed by atoms with Crippen molar-refractivity contribution in [3.05, 3.63) is 101 Å². The molecule has 2 aliphatic heterocycles. The van der Waals surface area contributed by atoms with Crippen LogP contribution < -0.4 is 4.74 Å². The number of benzene rings is 3. The van der Waals surface area contributed by atoms with Crippen molar-refractivity contribution in [2.45, 2.75) is 52.1 Å². The fraction of sp³-hybridized carbons (Fsp3) is 0.371. The normalized spacial score (nSPS) is 17.1. The van der Waals surface area contributed by atoms with Crippen LogP contribution in [0.25, 0.3) is 11.1 Å². The number of nitrogens with zero attached hydrogens (tertiary/aromatic N) is 3. The van der Waals surface area contributed by atoms with Crippen LogP contribution in [0.3, 0.4) is 0 Å². The molecule has 10 heteroatoms. The van der Waals surface area contributed by atoms with Gasteiger partial charge in [0, 0.05) is 37.8 Å². The number of likely N-dealkylation sites (N-methyl/N-ethyl adjacent to an activating group) is 1. The van der Waals surface area contributed by atoms with E-state index in [0.29, 0.717) is 43.1 Å². The zero-order chi connectivity index (χ0) is 32.0. The van der Waals surface area contributed by atoms with Crippen LogP contribution in [0.2, 0.25) is 0 Å². The molecule has 2 fully saturated rings. The highest BCUT2D eigenvalue weighted by Crippen LogP contribution is 2.38. The summed E-state index contributed by atoms with van der Waals surface area (Å²) < 4.78 is 52.0. The van der Waals surface area contributed by atoms with Gasteiger partial charge in [-0.3, -0.25) is 9.69 Å². The molecule has 0 radical (unpaired) electrons. The van der Waals surface area contributed by atoms with Crippen molar-refractivity contribution in [1.82, 2.24) is 14.7 Å². The van der Waals surface area contributed by atoms with E-state index in [0.717, 1.165) is 49.2 Å². The fourth-order valence-corrected chi connectivity index (χ4v) is 5.72. The maximum absolute atomic E-state index is 13.6. The van der Waals surface area contributed by atoms with Crippen molar-refractivity contribution in [3.8, 4) is 16.9 Å². The Hall–Kier alpha value is -4.31. The minimum atomic E-state index is -4.50. The third kappa shape index (κ3) is 7.86. The van der Waals surface area contributed by atoms with E-state index in [-0.39, 0.29) is 24.3 Å². The molecule has 238 valence electrons. The molecule has 5 rings (SSSR count). The summed E-state index contributed by atoms with van der Waals surface area (Å²) >= 11 is 0. The van der Waals surface area contributed by atoms with E-state index in [1.54, 1.807) is 9.80 Å². The number of fused-ring (bicyclic) bond motifs is 1. The first-order chi connectivity index (χ1) is 21.7. The average molecular weight is 622 g/mol. The molecular formula is C35H38F3N3O4. The van der Waals surface area contributed by atoms with Gasteiger partial charge in [-0.1, -0.05) is 74.5 Å². The third-order valence-corrected chi connectivity index (χ3v) is 8.36. The maximum Gasteiger partial charge on any atom is 0.416 e. The van der Waals surface area contributed by atoms with Gasteiger partial charge in [0.2, 0.25) is 5.91 Å². The Bertz CT molecular complexity index is 1500. The van der Waals surface area contributed by atoms with Gasteiger partial charge in [-0.05, 0) is 54.8 Å². The lowest BCUT2D eigenvalue weighted by atomic mass is 10.0. The van der Waals surface area contributed by atoms with Crippen LogP contribution in [-0.4, -0.2) is 65.5 Å². The number of ether oxygens (including phenoxy) is 2.